The van der Waals surface area contributed by atoms with Crippen molar-refractivity contribution in [3.63, 3.8) is 0 Å². The number of nitrogens with zero attached hydrogens (tertiary/aromatic N) is 1. The van der Waals surface area contributed by atoms with Crippen LogP contribution in [0.5, 0.6) is 0 Å². The van der Waals surface area contributed by atoms with Crippen LogP contribution in [-0.2, 0) is 9.59 Å². The summed E-state index contributed by atoms with van der Waals surface area (Å²) in [6, 6.07) is 0. The highest BCUT2D eigenvalue weighted by Gasteiger charge is 2.10. The number of hydrogen-bond acceptors (Lipinski definition) is 4. The second kappa shape index (κ2) is 6.14. The number of aliphatic hydroxyl groups is 1. The highest BCUT2D eigenvalue weighted by molar-refractivity contribution is 5.92. The molecule has 0 saturated heterocycles. The molecule has 0 fully saturated rings. The number of ketones is 1. The summed E-state index contributed by atoms with van der Waals surface area (Å²) in [7, 11) is 0. The molecule has 0 saturated carbocycles. The summed E-state index contributed by atoms with van der Waals surface area (Å²) < 4.78 is 0. The molecule has 0 radical (unpaired) electrons. The van der Waals surface area contributed by atoms with Gasteiger partial charge in [0.25, 0.3) is 0 Å². The molecule has 15 heavy (non-hydrogen) atoms. The quantitative estimate of drug-likeness (QED) is 0.638. The zero-order valence-electron chi connectivity index (χ0n) is 8.56. The van der Waals surface area contributed by atoms with Crippen molar-refractivity contribution < 1.29 is 14.7 Å². The predicted octanol–water partition coefficient (Wildman–Crippen LogP) is 0.283. The molecule has 0 aromatic rings. The molecule has 1 aliphatic rings. The first-order chi connectivity index (χ1) is 7.27. The molecule has 0 spiro atoms. The second-order valence-electron chi connectivity index (χ2n) is 3.30. The Bertz CT molecular complexity index is 294. The molecule has 0 unspecified atom stereocenters. The molecule has 4 heteroatoms. The van der Waals surface area contributed by atoms with Crippen molar-refractivity contribution in [2.24, 2.45) is 0 Å². The van der Waals surface area contributed by atoms with Crippen molar-refractivity contribution in [1.29, 1.82) is 0 Å². The van der Waals surface area contributed by atoms with Crippen LogP contribution in [0.2, 0.25) is 0 Å². The SMILES string of the molecule is O=CCCN(CCO)C1=CCC(=O)C=C1. The number of hydrogen-bond donors (Lipinski definition) is 1. The van der Waals surface area contributed by atoms with Gasteiger partial charge < -0.3 is 14.8 Å². The van der Waals surface area contributed by atoms with E-state index in [1.54, 1.807) is 6.08 Å². The van der Waals surface area contributed by atoms with Crippen LogP contribution < -0.4 is 0 Å². The number of aliphatic hydroxyl groups excluding tert-OH is 1. The molecule has 1 N–H and O–H groups in total. The molecule has 1 rings (SSSR count). The van der Waals surface area contributed by atoms with Gasteiger partial charge in [-0.05, 0) is 12.2 Å². The van der Waals surface area contributed by atoms with Crippen LogP contribution in [0.1, 0.15) is 12.8 Å². The third kappa shape index (κ3) is 3.67. The lowest BCUT2D eigenvalue weighted by Gasteiger charge is -2.25. The summed E-state index contributed by atoms with van der Waals surface area (Å²) in [6.45, 7) is 1.10. The van der Waals surface area contributed by atoms with Crippen LogP contribution in [0.3, 0.4) is 0 Å². The van der Waals surface area contributed by atoms with Crippen molar-refractivity contribution in [2.75, 3.05) is 19.7 Å². The van der Waals surface area contributed by atoms with Crippen molar-refractivity contribution in [3.8, 4) is 0 Å². The maximum atomic E-state index is 10.9. The molecule has 0 amide bonds. The minimum Gasteiger partial charge on any atom is -0.395 e. The van der Waals surface area contributed by atoms with E-state index in [1.165, 1.54) is 6.08 Å². The van der Waals surface area contributed by atoms with Crippen LogP contribution in [0.15, 0.2) is 23.9 Å². The number of allylic oxidation sites excluding steroid dienone is 3. The van der Waals surface area contributed by atoms with Gasteiger partial charge in [-0.1, -0.05) is 6.08 Å². The first-order valence-electron chi connectivity index (χ1n) is 4.98. The van der Waals surface area contributed by atoms with Crippen molar-refractivity contribution in [2.45, 2.75) is 12.8 Å². The van der Waals surface area contributed by atoms with Crippen LogP contribution in [0.4, 0.5) is 0 Å². The van der Waals surface area contributed by atoms with Gasteiger partial charge in [0.2, 0.25) is 0 Å². The van der Waals surface area contributed by atoms with Crippen molar-refractivity contribution in [3.05, 3.63) is 23.9 Å². The van der Waals surface area contributed by atoms with Gasteiger partial charge in [0.05, 0.1) is 6.61 Å². The fraction of sp³-hybridized carbons (Fsp3) is 0.455. The van der Waals surface area contributed by atoms with Gasteiger partial charge in [0.15, 0.2) is 5.78 Å². The molecule has 0 aromatic carbocycles. The molecule has 0 aliphatic heterocycles. The topological polar surface area (TPSA) is 57.6 Å². The molecular formula is C11H15NO3. The van der Waals surface area contributed by atoms with Crippen LogP contribution in [0.25, 0.3) is 0 Å². The van der Waals surface area contributed by atoms with E-state index in [1.807, 2.05) is 11.0 Å². The Labute approximate surface area is 88.9 Å². The smallest absolute Gasteiger partial charge is 0.159 e. The highest BCUT2D eigenvalue weighted by Crippen LogP contribution is 2.12. The van der Waals surface area contributed by atoms with Crippen LogP contribution in [-0.4, -0.2) is 41.8 Å². The van der Waals surface area contributed by atoms with E-state index in [4.69, 9.17) is 5.11 Å². The summed E-state index contributed by atoms with van der Waals surface area (Å²) in [5.74, 6) is 0.0816. The number of carbonyl (C=O) groups excluding carboxylic acids is 2. The lowest BCUT2D eigenvalue weighted by molar-refractivity contribution is -0.114. The monoisotopic (exact) mass is 209 g/mol. The Kier molecular flexibility index (Phi) is 4.77. The minimum atomic E-state index is 0.0397. The molecule has 0 aromatic heterocycles. The second-order valence-corrected chi connectivity index (χ2v) is 3.30. The largest absolute Gasteiger partial charge is 0.395 e. The van der Waals surface area contributed by atoms with Crippen molar-refractivity contribution in [1.82, 2.24) is 4.90 Å². The van der Waals surface area contributed by atoms with Crippen molar-refractivity contribution >= 4 is 12.1 Å². The van der Waals surface area contributed by atoms with Crippen LogP contribution >= 0.6 is 0 Å². The third-order valence-corrected chi connectivity index (χ3v) is 2.20. The van der Waals surface area contributed by atoms with E-state index >= 15 is 0 Å². The minimum absolute atomic E-state index is 0.0397. The lowest BCUT2D eigenvalue weighted by atomic mass is 10.1. The summed E-state index contributed by atoms with van der Waals surface area (Å²) in [6.07, 6.45) is 6.76. The Morgan fingerprint density at radius 3 is 2.73 bits per heavy atom. The first-order valence-corrected chi connectivity index (χ1v) is 4.98. The van der Waals surface area contributed by atoms with Gasteiger partial charge in [0, 0.05) is 31.6 Å². The number of carbonyl (C=O) groups is 2. The Balaban J connectivity index is 2.59. The zero-order valence-corrected chi connectivity index (χ0v) is 8.56. The molecule has 4 nitrogen and oxygen atoms in total. The number of rotatable bonds is 6. The Morgan fingerprint density at radius 2 is 2.20 bits per heavy atom. The first kappa shape index (κ1) is 11.7. The third-order valence-electron chi connectivity index (χ3n) is 2.20. The molecule has 0 bridgehead atoms. The Hall–Kier alpha value is -1.42. The van der Waals surface area contributed by atoms with Gasteiger partial charge in [-0.2, -0.15) is 0 Å². The maximum Gasteiger partial charge on any atom is 0.159 e. The normalized spacial score (nSPS) is 15.0. The zero-order chi connectivity index (χ0) is 11.1. The average Bonchev–Trinajstić information content (AvgIpc) is 2.25. The molecule has 0 atom stereocenters. The molecule has 82 valence electrons. The molecule has 0 heterocycles. The Morgan fingerprint density at radius 1 is 1.40 bits per heavy atom. The van der Waals surface area contributed by atoms with E-state index in [9.17, 15) is 9.59 Å². The van der Waals surface area contributed by atoms with E-state index in [2.05, 4.69) is 0 Å². The molecular weight excluding hydrogens is 194 g/mol. The van der Waals surface area contributed by atoms with Crippen LogP contribution in [0, 0.1) is 0 Å². The summed E-state index contributed by atoms with van der Waals surface area (Å²) in [5, 5.41) is 8.87. The van der Waals surface area contributed by atoms with Gasteiger partial charge in [-0.15, -0.1) is 0 Å². The summed E-state index contributed by atoms with van der Waals surface area (Å²) in [4.78, 5) is 23.1. The molecule has 1 aliphatic carbocycles. The summed E-state index contributed by atoms with van der Waals surface area (Å²) >= 11 is 0. The fourth-order valence-corrected chi connectivity index (χ4v) is 1.45. The van der Waals surface area contributed by atoms with E-state index < -0.39 is 0 Å². The van der Waals surface area contributed by atoms with Gasteiger partial charge >= 0.3 is 0 Å². The van der Waals surface area contributed by atoms with E-state index in [0.717, 1.165) is 12.0 Å². The summed E-state index contributed by atoms with van der Waals surface area (Å²) in [5.41, 5.74) is 0.908. The maximum absolute atomic E-state index is 10.9. The highest BCUT2D eigenvalue weighted by atomic mass is 16.3. The van der Waals surface area contributed by atoms with Gasteiger partial charge in [-0.25, -0.2) is 0 Å². The number of aldehydes is 1. The average molecular weight is 209 g/mol. The van der Waals surface area contributed by atoms with E-state index in [0.29, 0.717) is 25.9 Å². The standard InChI is InChI=1S/C11H15NO3/c13-8-1-6-12(7-9-14)10-2-4-11(15)5-3-10/h2-4,8,14H,1,5-7,9H2. The predicted molar refractivity (Wildman–Crippen MR) is 56.2 cm³/mol. The lowest BCUT2D eigenvalue weighted by Crippen LogP contribution is -2.28. The fourth-order valence-electron chi connectivity index (χ4n) is 1.45. The van der Waals surface area contributed by atoms with Gasteiger partial charge in [0.1, 0.15) is 6.29 Å². The van der Waals surface area contributed by atoms with E-state index in [-0.39, 0.29) is 12.4 Å². The van der Waals surface area contributed by atoms with Gasteiger partial charge in [-0.3, -0.25) is 4.79 Å².